The van der Waals surface area contributed by atoms with Crippen LogP contribution in [0.4, 0.5) is 5.69 Å². The van der Waals surface area contributed by atoms with E-state index in [1.807, 2.05) is 44.2 Å². The van der Waals surface area contributed by atoms with Gasteiger partial charge in [0.05, 0.1) is 20.8 Å². The van der Waals surface area contributed by atoms with Gasteiger partial charge in [0.2, 0.25) is 0 Å². The Balaban J connectivity index is 1.89. The molecule has 1 heterocycles. The lowest BCUT2D eigenvalue weighted by Gasteiger charge is -2.12. The highest BCUT2D eigenvalue weighted by Gasteiger charge is 2.14. The molecule has 1 amide bonds. The molecular formula is C23H24N2O4. The minimum absolute atomic E-state index is 0.0864. The number of pyridine rings is 1. The van der Waals surface area contributed by atoms with Crippen LogP contribution in [0.15, 0.2) is 59.5 Å². The number of aryl methyl sites for hydroxylation is 2. The van der Waals surface area contributed by atoms with Gasteiger partial charge in [-0.15, -0.1) is 0 Å². The lowest BCUT2D eigenvalue weighted by atomic mass is 10.1. The van der Waals surface area contributed by atoms with E-state index in [0.717, 1.165) is 16.7 Å². The number of anilines is 1. The van der Waals surface area contributed by atoms with Crippen molar-refractivity contribution >= 4 is 11.6 Å². The van der Waals surface area contributed by atoms with Crippen LogP contribution in [0.1, 0.15) is 27.0 Å². The molecule has 2 aromatic carbocycles. The predicted molar refractivity (Wildman–Crippen MR) is 113 cm³/mol. The number of benzene rings is 2. The number of amides is 1. The topological polar surface area (TPSA) is 69.6 Å². The summed E-state index contributed by atoms with van der Waals surface area (Å²) in [6, 6.07) is 14.4. The second-order valence-corrected chi connectivity index (χ2v) is 6.85. The van der Waals surface area contributed by atoms with Gasteiger partial charge in [-0.25, -0.2) is 0 Å². The van der Waals surface area contributed by atoms with Crippen LogP contribution in [-0.2, 0) is 6.54 Å². The molecule has 0 spiro atoms. The molecule has 0 saturated carbocycles. The van der Waals surface area contributed by atoms with Gasteiger partial charge in [-0.2, -0.15) is 0 Å². The molecule has 0 fully saturated rings. The number of carbonyl (C=O) groups excluding carboxylic acids is 1. The van der Waals surface area contributed by atoms with Crippen molar-refractivity contribution < 1.29 is 14.3 Å². The zero-order valence-electron chi connectivity index (χ0n) is 17.0. The largest absolute Gasteiger partial charge is 0.497 e. The Bertz CT molecular complexity index is 1080. The van der Waals surface area contributed by atoms with Gasteiger partial charge in [0.25, 0.3) is 11.5 Å². The number of hydrogen-bond acceptors (Lipinski definition) is 4. The Morgan fingerprint density at radius 3 is 2.34 bits per heavy atom. The highest BCUT2D eigenvalue weighted by molar-refractivity contribution is 6.04. The average molecular weight is 392 g/mol. The second-order valence-electron chi connectivity index (χ2n) is 6.85. The van der Waals surface area contributed by atoms with E-state index in [2.05, 4.69) is 5.32 Å². The number of methoxy groups -OCH3 is 2. The van der Waals surface area contributed by atoms with Crippen LogP contribution >= 0.6 is 0 Å². The summed E-state index contributed by atoms with van der Waals surface area (Å²) >= 11 is 0. The zero-order valence-corrected chi connectivity index (χ0v) is 17.0. The molecule has 6 nitrogen and oxygen atoms in total. The summed E-state index contributed by atoms with van der Waals surface area (Å²) in [5, 5.41) is 2.84. The Kier molecular flexibility index (Phi) is 6.02. The monoisotopic (exact) mass is 392 g/mol. The van der Waals surface area contributed by atoms with E-state index < -0.39 is 5.91 Å². The predicted octanol–water partition coefficient (Wildman–Crippen LogP) is 3.78. The number of hydrogen-bond donors (Lipinski definition) is 1. The normalized spacial score (nSPS) is 10.5. The molecule has 0 radical (unpaired) electrons. The van der Waals surface area contributed by atoms with Gasteiger partial charge in [-0.1, -0.05) is 12.1 Å². The van der Waals surface area contributed by atoms with Gasteiger partial charge in [0.15, 0.2) is 0 Å². The molecule has 3 aromatic rings. The highest BCUT2D eigenvalue weighted by atomic mass is 16.5. The van der Waals surface area contributed by atoms with E-state index in [-0.39, 0.29) is 17.7 Å². The number of aromatic nitrogens is 1. The molecule has 1 aromatic heterocycles. The number of nitrogens with one attached hydrogen (secondary N) is 1. The fourth-order valence-corrected chi connectivity index (χ4v) is 3.05. The van der Waals surface area contributed by atoms with Crippen LogP contribution < -0.4 is 20.3 Å². The first-order valence-corrected chi connectivity index (χ1v) is 9.21. The zero-order chi connectivity index (χ0) is 21.0. The summed E-state index contributed by atoms with van der Waals surface area (Å²) in [6.45, 7) is 4.15. The molecule has 0 unspecified atom stereocenters. The van der Waals surface area contributed by atoms with Crippen molar-refractivity contribution in [2.45, 2.75) is 20.4 Å². The van der Waals surface area contributed by atoms with Crippen molar-refractivity contribution in [3.63, 3.8) is 0 Å². The molecule has 6 heteroatoms. The molecule has 0 aliphatic heterocycles. The van der Waals surface area contributed by atoms with Gasteiger partial charge >= 0.3 is 0 Å². The molecule has 1 N–H and O–H groups in total. The maximum atomic E-state index is 12.9. The first kappa shape index (κ1) is 20.2. The molecule has 0 aliphatic carbocycles. The van der Waals surface area contributed by atoms with Crippen molar-refractivity contribution in [1.29, 1.82) is 0 Å². The molecule has 0 saturated heterocycles. The van der Waals surface area contributed by atoms with Crippen LogP contribution in [-0.4, -0.2) is 24.7 Å². The molecule has 150 valence electrons. The van der Waals surface area contributed by atoms with E-state index in [1.54, 1.807) is 32.5 Å². The SMILES string of the molecule is COc1cc(Cn2cccc(C(=O)Nc3cc(C)ccc3C)c2=O)cc(OC)c1. The van der Waals surface area contributed by atoms with Crippen LogP contribution in [0.3, 0.4) is 0 Å². The maximum Gasteiger partial charge on any atom is 0.263 e. The molecule has 3 rings (SSSR count). The van der Waals surface area contributed by atoms with Crippen molar-refractivity contribution in [2.75, 3.05) is 19.5 Å². The quantitative estimate of drug-likeness (QED) is 0.693. The van der Waals surface area contributed by atoms with E-state index in [1.165, 1.54) is 10.6 Å². The Morgan fingerprint density at radius 1 is 1.00 bits per heavy atom. The Labute approximate surface area is 169 Å². The third-order valence-corrected chi connectivity index (χ3v) is 4.67. The van der Waals surface area contributed by atoms with Gasteiger partial charge in [0.1, 0.15) is 17.1 Å². The molecular weight excluding hydrogens is 368 g/mol. The third kappa shape index (κ3) is 4.66. The summed E-state index contributed by atoms with van der Waals surface area (Å²) in [5.74, 6) is 0.841. The van der Waals surface area contributed by atoms with E-state index in [4.69, 9.17) is 9.47 Å². The van der Waals surface area contributed by atoms with Crippen molar-refractivity contribution in [2.24, 2.45) is 0 Å². The molecule has 0 aliphatic rings. The summed E-state index contributed by atoms with van der Waals surface area (Å²) in [4.78, 5) is 25.6. The van der Waals surface area contributed by atoms with E-state index >= 15 is 0 Å². The minimum atomic E-state index is -0.429. The summed E-state index contributed by atoms with van der Waals surface area (Å²) in [7, 11) is 3.14. The number of rotatable bonds is 6. The molecule has 0 atom stereocenters. The highest BCUT2D eigenvalue weighted by Crippen LogP contribution is 2.23. The fraction of sp³-hybridized carbons (Fsp3) is 0.217. The van der Waals surface area contributed by atoms with Gasteiger partial charge in [-0.05, 0) is 60.9 Å². The van der Waals surface area contributed by atoms with Crippen LogP contribution in [0.2, 0.25) is 0 Å². The van der Waals surface area contributed by atoms with Gasteiger partial charge in [-0.3, -0.25) is 9.59 Å². The lowest BCUT2D eigenvalue weighted by molar-refractivity contribution is 0.102. The number of nitrogens with zero attached hydrogens (tertiary/aromatic N) is 1. The van der Waals surface area contributed by atoms with Crippen LogP contribution in [0.25, 0.3) is 0 Å². The number of carbonyl (C=O) groups is 1. The summed E-state index contributed by atoms with van der Waals surface area (Å²) in [5.41, 5.74) is 3.21. The van der Waals surface area contributed by atoms with Gasteiger partial charge in [0, 0.05) is 18.0 Å². The minimum Gasteiger partial charge on any atom is -0.497 e. The maximum absolute atomic E-state index is 12.9. The second kappa shape index (κ2) is 8.65. The standard InChI is InChI=1S/C23H24N2O4/c1-15-7-8-16(2)21(10-15)24-22(26)20-6-5-9-25(23(20)27)14-17-11-18(28-3)13-19(12-17)29-4/h5-13H,14H2,1-4H3,(H,24,26). The van der Waals surface area contributed by atoms with Crippen LogP contribution in [0, 0.1) is 13.8 Å². The average Bonchev–Trinajstić information content (AvgIpc) is 2.71. The van der Waals surface area contributed by atoms with Crippen LogP contribution in [0.5, 0.6) is 11.5 Å². The summed E-state index contributed by atoms with van der Waals surface area (Å²) in [6.07, 6.45) is 1.66. The van der Waals surface area contributed by atoms with Crippen molar-refractivity contribution in [3.8, 4) is 11.5 Å². The first-order valence-electron chi connectivity index (χ1n) is 9.21. The molecule has 29 heavy (non-hydrogen) atoms. The van der Waals surface area contributed by atoms with E-state index in [0.29, 0.717) is 17.2 Å². The van der Waals surface area contributed by atoms with Crippen molar-refractivity contribution in [3.05, 3.63) is 87.3 Å². The number of ether oxygens (including phenoxy) is 2. The first-order chi connectivity index (χ1) is 13.9. The fourth-order valence-electron chi connectivity index (χ4n) is 3.05. The third-order valence-electron chi connectivity index (χ3n) is 4.67. The Morgan fingerprint density at radius 2 is 1.69 bits per heavy atom. The summed E-state index contributed by atoms with van der Waals surface area (Å²) < 4.78 is 12.1. The Hall–Kier alpha value is -3.54. The smallest absolute Gasteiger partial charge is 0.263 e. The molecule has 0 bridgehead atoms. The van der Waals surface area contributed by atoms with E-state index in [9.17, 15) is 9.59 Å². The lowest BCUT2D eigenvalue weighted by Crippen LogP contribution is -2.29. The van der Waals surface area contributed by atoms with Gasteiger partial charge < -0.3 is 19.4 Å². The van der Waals surface area contributed by atoms with Crippen molar-refractivity contribution in [1.82, 2.24) is 4.57 Å².